The normalized spacial score (nSPS) is 6.14. The monoisotopic (exact) mass is 418 g/mol. The van der Waals surface area contributed by atoms with Crippen molar-refractivity contribution in [2.24, 2.45) is 0 Å². The van der Waals surface area contributed by atoms with Crippen LogP contribution in [-0.4, -0.2) is 33.2 Å². The molecule has 0 aromatic carbocycles. The molecule has 0 aromatic heterocycles. The van der Waals surface area contributed by atoms with E-state index in [9.17, 15) is 14.4 Å². The van der Waals surface area contributed by atoms with Crippen LogP contribution in [0.3, 0.4) is 0 Å². The van der Waals surface area contributed by atoms with Crippen LogP contribution in [0.25, 0.3) is 0 Å². The van der Waals surface area contributed by atoms with Gasteiger partial charge in [-0.2, -0.15) is 0 Å². The number of carboxylic acid groups (broad SMARTS) is 3. The zero-order valence-electron chi connectivity index (χ0n) is 12.3. The largest absolute Gasteiger partial charge is 0.478 e. The molecule has 0 amide bonds. The maximum atomic E-state index is 9.60. The average molecular weight is 420 g/mol. The first-order chi connectivity index (χ1) is 7.93. The Bertz CT molecular complexity index is 290. The van der Waals surface area contributed by atoms with Crippen LogP contribution in [0.15, 0.2) is 36.5 Å². The minimum absolute atomic E-state index is 0. The zero-order valence-corrected chi connectivity index (χ0v) is 16.0. The Kier molecular flexibility index (Phi) is 48.7. The van der Waals surface area contributed by atoms with Gasteiger partial charge in [0.2, 0.25) is 0 Å². The molecule has 0 heterocycles. The van der Waals surface area contributed by atoms with Gasteiger partial charge in [0, 0.05) is 34.1 Å². The average Bonchev–Trinajstić information content (AvgIpc) is 2.18. The Morgan fingerprint density at radius 2 is 0.636 bits per heavy atom. The summed E-state index contributed by atoms with van der Waals surface area (Å²) in [6.45, 7) is 13.8. The van der Waals surface area contributed by atoms with Gasteiger partial charge in [-0.1, -0.05) is 19.7 Å². The molecule has 22 heavy (non-hydrogen) atoms. The standard InChI is InChI=1S/3C4H6O2.3ClH.Cr/c3*1-3(2)4(5)6;;;;/h3*1H2,2H3,(H,5,6);3*1H;. The molecule has 0 fully saturated rings. The molecule has 3 N–H and O–H groups in total. The molecule has 0 unspecified atom stereocenters. The van der Waals surface area contributed by atoms with E-state index in [2.05, 4.69) is 19.7 Å². The first kappa shape index (κ1) is 42.9. The molecular weight excluding hydrogens is 398 g/mol. The van der Waals surface area contributed by atoms with Gasteiger partial charge in [0.05, 0.1) is 0 Å². The van der Waals surface area contributed by atoms with Gasteiger partial charge < -0.3 is 15.3 Å². The summed E-state index contributed by atoms with van der Waals surface area (Å²) in [5, 5.41) is 23.7. The van der Waals surface area contributed by atoms with Gasteiger partial charge >= 0.3 is 17.9 Å². The van der Waals surface area contributed by atoms with E-state index in [-0.39, 0.29) is 71.3 Å². The Labute approximate surface area is 159 Å². The van der Waals surface area contributed by atoms with Crippen LogP contribution in [0.5, 0.6) is 0 Å². The van der Waals surface area contributed by atoms with Gasteiger partial charge in [-0.3, -0.25) is 0 Å². The topological polar surface area (TPSA) is 112 Å². The van der Waals surface area contributed by atoms with E-state index in [0.29, 0.717) is 0 Å². The van der Waals surface area contributed by atoms with Crippen molar-refractivity contribution in [1.29, 1.82) is 0 Å². The third kappa shape index (κ3) is 50.8. The van der Waals surface area contributed by atoms with Gasteiger partial charge in [-0.15, -0.1) is 37.2 Å². The van der Waals surface area contributed by atoms with Crippen molar-refractivity contribution < 1.29 is 47.1 Å². The van der Waals surface area contributed by atoms with Gasteiger partial charge in [-0.05, 0) is 20.8 Å². The van der Waals surface area contributed by atoms with Gasteiger partial charge in [0.15, 0.2) is 0 Å². The van der Waals surface area contributed by atoms with Crippen molar-refractivity contribution in [3.05, 3.63) is 36.5 Å². The van der Waals surface area contributed by atoms with Crippen LogP contribution in [0.1, 0.15) is 20.8 Å². The molecule has 0 bridgehead atoms. The zero-order chi connectivity index (χ0) is 15.5. The van der Waals surface area contributed by atoms with Crippen LogP contribution < -0.4 is 0 Å². The van der Waals surface area contributed by atoms with Crippen LogP contribution in [0.4, 0.5) is 0 Å². The molecule has 0 rings (SSSR count). The number of hydrogen-bond donors (Lipinski definition) is 3. The second-order valence-corrected chi connectivity index (χ2v) is 3.26. The van der Waals surface area contributed by atoms with Crippen LogP contribution in [0, 0.1) is 0 Å². The fraction of sp³-hybridized carbons (Fsp3) is 0.250. The fourth-order valence-electron chi connectivity index (χ4n) is 0. The molecular formula is C12H21Cl3CrO6. The summed E-state index contributed by atoms with van der Waals surface area (Å²) >= 11 is 0. The number of rotatable bonds is 3. The summed E-state index contributed by atoms with van der Waals surface area (Å²) in [5.41, 5.74) is 0.528. The molecule has 0 radical (unpaired) electrons. The minimum Gasteiger partial charge on any atom is -0.478 e. The number of hydrogen-bond acceptors (Lipinski definition) is 3. The SMILES string of the molecule is C=C(C)C(=O)O.C=C(C)C(=O)O.C=C(C)C(=O)O.Cl.Cl.Cl.[Cr]. The predicted molar refractivity (Wildman–Crippen MR) is 89.1 cm³/mol. The van der Waals surface area contributed by atoms with E-state index in [0.717, 1.165) is 0 Å². The fourth-order valence-corrected chi connectivity index (χ4v) is 0. The van der Waals surface area contributed by atoms with E-state index >= 15 is 0 Å². The number of carboxylic acids is 3. The molecule has 0 saturated carbocycles. The summed E-state index contributed by atoms with van der Waals surface area (Å²) < 4.78 is 0. The van der Waals surface area contributed by atoms with Crippen molar-refractivity contribution in [2.45, 2.75) is 20.8 Å². The second kappa shape index (κ2) is 25.0. The van der Waals surface area contributed by atoms with E-state index < -0.39 is 17.9 Å². The van der Waals surface area contributed by atoms with Crippen LogP contribution in [-0.2, 0) is 31.7 Å². The van der Waals surface area contributed by atoms with Crippen molar-refractivity contribution in [1.82, 2.24) is 0 Å². The van der Waals surface area contributed by atoms with Gasteiger partial charge in [-0.25, -0.2) is 14.4 Å². The van der Waals surface area contributed by atoms with Gasteiger partial charge in [0.25, 0.3) is 0 Å². The minimum atomic E-state index is -0.935. The third-order valence-corrected chi connectivity index (χ3v) is 1.10. The van der Waals surface area contributed by atoms with E-state index in [1.807, 2.05) is 0 Å². The summed E-state index contributed by atoms with van der Waals surface area (Å²) in [6, 6.07) is 0. The molecule has 10 heteroatoms. The molecule has 0 aliphatic heterocycles. The maximum Gasteiger partial charge on any atom is 0.330 e. The van der Waals surface area contributed by atoms with Crippen molar-refractivity contribution in [3.8, 4) is 0 Å². The number of aliphatic carboxylic acids is 3. The summed E-state index contributed by atoms with van der Waals surface area (Å²) in [7, 11) is 0. The van der Waals surface area contributed by atoms with E-state index in [1.165, 1.54) is 20.8 Å². The van der Waals surface area contributed by atoms with Crippen molar-refractivity contribution in [2.75, 3.05) is 0 Å². The Morgan fingerprint density at radius 3 is 0.636 bits per heavy atom. The Hall–Kier alpha value is -0.968. The Balaban J connectivity index is -0.0000000281. The molecule has 0 aliphatic carbocycles. The molecule has 6 nitrogen and oxygen atoms in total. The smallest absolute Gasteiger partial charge is 0.330 e. The summed E-state index contributed by atoms with van der Waals surface area (Å²) in [6.07, 6.45) is 0. The van der Waals surface area contributed by atoms with E-state index in [1.54, 1.807) is 0 Å². The van der Waals surface area contributed by atoms with Crippen molar-refractivity contribution >= 4 is 55.1 Å². The third-order valence-electron chi connectivity index (χ3n) is 1.10. The molecule has 0 spiro atoms. The molecule has 0 aliphatic rings. The maximum absolute atomic E-state index is 9.60. The molecule has 0 atom stereocenters. The van der Waals surface area contributed by atoms with Crippen molar-refractivity contribution in [3.63, 3.8) is 0 Å². The number of carbonyl (C=O) groups is 3. The first-order valence-corrected chi connectivity index (χ1v) is 4.59. The number of halogens is 3. The summed E-state index contributed by atoms with van der Waals surface area (Å²) in [5.74, 6) is -2.81. The summed E-state index contributed by atoms with van der Waals surface area (Å²) in [4.78, 5) is 28.8. The molecule has 0 aromatic rings. The van der Waals surface area contributed by atoms with Crippen LogP contribution >= 0.6 is 37.2 Å². The first-order valence-electron chi connectivity index (χ1n) is 4.59. The van der Waals surface area contributed by atoms with Gasteiger partial charge in [0.1, 0.15) is 0 Å². The van der Waals surface area contributed by atoms with E-state index in [4.69, 9.17) is 15.3 Å². The predicted octanol–water partition coefficient (Wildman–Crippen LogP) is 3.20. The Morgan fingerprint density at radius 1 is 0.591 bits per heavy atom. The van der Waals surface area contributed by atoms with Crippen LogP contribution in [0.2, 0.25) is 0 Å². The second-order valence-electron chi connectivity index (χ2n) is 3.26. The molecule has 0 saturated heterocycles. The molecule has 132 valence electrons. The quantitative estimate of drug-likeness (QED) is 0.606.